The quantitative estimate of drug-likeness (QED) is 0.490. The van der Waals surface area contributed by atoms with Crippen LogP contribution in [0.2, 0.25) is 0 Å². The molecule has 0 unspecified atom stereocenters. The summed E-state index contributed by atoms with van der Waals surface area (Å²) in [7, 11) is 0. The van der Waals surface area contributed by atoms with E-state index in [-0.39, 0.29) is 11.1 Å². The molecule has 4 heteroatoms. The van der Waals surface area contributed by atoms with Gasteiger partial charge < -0.3 is 5.73 Å². The summed E-state index contributed by atoms with van der Waals surface area (Å²) in [6, 6.07) is 15.7. The van der Waals surface area contributed by atoms with Gasteiger partial charge in [0.05, 0.1) is 0 Å². The molecule has 2 aromatic carbocycles. The van der Waals surface area contributed by atoms with Gasteiger partial charge in [0.15, 0.2) is 11.1 Å². The van der Waals surface area contributed by atoms with Gasteiger partial charge in [-0.25, -0.2) is 4.99 Å². The molecule has 0 fully saturated rings. The van der Waals surface area contributed by atoms with Crippen molar-refractivity contribution in [3.8, 4) is 11.1 Å². The lowest BCUT2D eigenvalue weighted by Gasteiger charge is -2.11. The van der Waals surface area contributed by atoms with E-state index in [1.807, 2.05) is 55.5 Å². The predicted molar refractivity (Wildman–Crippen MR) is 80.9 cm³/mol. The molecule has 0 aromatic heterocycles. The monoisotopic (exact) mass is 271 g/mol. The Kier molecular flexibility index (Phi) is 3.97. The Balaban J connectivity index is 2.61. The molecule has 0 amide bonds. The summed E-state index contributed by atoms with van der Waals surface area (Å²) in [5.74, 6) is 0.0736. The summed E-state index contributed by atoms with van der Waals surface area (Å²) in [6.45, 7) is 1.94. The first-order chi connectivity index (χ1) is 9.09. The summed E-state index contributed by atoms with van der Waals surface area (Å²) >= 11 is 5.56. The maximum Gasteiger partial charge on any atom is 0.195 e. The zero-order valence-corrected chi connectivity index (χ0v) is 11.3. The van der Waals surface area contributed by atoms with Crippen molar-refractivity contribution in [2.75, 3.05) is 0 Å². The minimum absolute atomic E-state index is 0.0736. The Morgan fingerprint density at radius 2 is 1.79 bits per heavy atom. The average molecular weight is 272 g/mol. The van der Waals surface area contributed by atoms with Gasteiger partial charge in [-0.3, -0.25) is 5.41 Å². The number of nitrogens with zero attached hydrogens (tertiary/aromatic N) is 1. The van der Waals surface area contributed by atoms with E-state index < -0.39 is 0 Å². The topological polar surface area (TPSA) is 62.2 Å². The molecule has 3 nitrogen and oxygen atoms in total. The van der Waals surface area contributed by atoms with Crippen LogP contribution in [0.3, 0.4) is 0 Å². The van der Waals surface area contributed by atoms with E-state index in [1.54, 1.807) is 0 Å². The molecule has 0 saturated heterocycles. The number of nitrogens with one attached hydrogen (secondary N) is 1. The van der Waals surface area contributed by atoms with E-state index >= 15 is 0 Å². The highest BCUT2D eigenvalue weighted by atomic mass is 35.5. The Bertz CT molecular complexity index is 629. The van der Waals surface area contributed by atoms with Gasteiger partial charge >= 0.3 is 0 Å². The van der Waals surface area contributed by atoms with E-state index in [0.29, 0.717) is 0 Å². The van der Waals surface area contributed by atoms with Crippen LogP contribution in [0.4, 0.5) is 0 Å². The number of benzene rings is 2. The second-order valence-corrected chi connectivity index (χ2v) is 4.53. The fourth-order valence-electron chi connectivity index (χ4n) is 2.00. The Morgan fingerprint density at radius 1 is 1.11 bits per heavy atom. The van der Waals surface area contributed by atoms with Crippen LogP contribution >= 0.6 is 11.6 Å². The molecule has 0 saturated carbocycles. The van der Waals surface area contributed by atoms with E-state index in [1.165, 1.54) is 0 Å². The van der Waals surface area contributed by atoms with E-state index in [9.17, 15) is 0 Å². The van der Waals surface area contributed by atoms with E-state index in [2.05, 4.69) is 4.99 Å². The molecule has 2 aromatic rings. The maximum atomic E-state index is 8.04. The predicted octanol–water partition coefficient (Wildman–Crippen LogP) is 3.54. The van der Waals surface area contributed by atoms with Crippen molar-refractivity contribution in [1.29, 1.82) is 5.41 Å². The lowest BCUT2D eigenvalue weighted by molar-refractivity contribution is 1.36. The summed E-state index contributed by atoms with van der Waals surface area (Å²) < 4.78 is 0. The van der Waals surface area contributed by atoms with Crippen molar-refractivity contribution in [3.63, 3.8) is 0 Å². The molecular formula is C15H14ClN3. The van der Waals surface area contributed by atoms with Gasteiger partial charge in [0.25, 0.3) is 0 Å². The third kappa shape index (κ3) is 3.01. The van der Waals surface area contributed by atoms with Crippen LogP contribution in [-0.4, -0.2) is 11.1 Å². The van der Waals surface area contributed by atoms with Gasteiger partial charge in [-0.05, 0) is 35.2 Å². The molecule has 0 aliphatic rings. The van der Waals surface area contributed by atoms with Crippen molar-refractivity contribution in [2.24, 2.45) is 10.7 Å². The summed E-state index contributed by atoms with van der Waals surface area (Å²) in [4.78, 5) is 3.84. The van der Waals surface area contributed by atoms with Crippen LogP contribution in [0.5, 0.6) is 0 Å². The van der Waals surface area contributed by atoms with Crippen LogP contribution in [0.1, 0.15) is 11.1 Å². The fourth-order valence-corrected chi connectivity index (χ4v) is 2.09. The SMILES string of the molecule is Cc1cccc(-c2ccccc2)c1C(=N)N=C(N)Cl. The van der Waals surface area contributed by atoms with E-state index in [0.717, 1.165) is 22.3 Å². The van der Waals surface area contributed by atoms with Crippen LogP contribution < -0.4 is 5.73 Å². The Labute approximate surface area is 117 Å². The second-order valence-electron chi connectivity index (χ2n) is 4.15. The van der Waals surface area contributed by atoms with Crippen molar-refractivity contribution < 1.29 is 0 Å². The van der Waals surface area contributed by atoms with Crippen LogP contribution in [-0.2, 0) is 0 Å². The number of aryl methyl sites for hydroxylation is 1. The molecule has 0 radical (unpaired) electrons. The van der Waals surface area contributed by atoms with Gasteiger partial charge in [0.2, 0.25) is 0 Å². The van der Waals surface area contributed by atoms with Gasteiger partial charge in [-0.15, -0.1) is 0 Å². The summed E-state index contributed by atoms with van der Waals surface area (Å²) in [6.07, 6.45) is 0. The molecule has 0 spiro atoms. The second kappa shape index (κ2) is 5.67. The number of hydrogen-bond acceptors (Lipinski definition) is 1. The third-order valence-electron chi connectivity index (χ3n) is 2.81. The highest BCUT2D eigenvalue weighted by Gasteiger charge is 2.12. The highest BCUT2D eigenvalue weighted by Crippen LogP contribution is 2.26. The van der Waals surface area contributed by atoms with Crippen molar-refractivity contribution in [3.05, 3.63) is 59.7 Å². The molecule has 0 heterocycles. The zero-order valence-electron chi connectivity index (χ0n) is 10.5. The van der Waals surface area contributed by atoms with Gasteiger partial charge in [-0.2, -0.15) is 0 Å². The van der Waals surface area contributed by atoms with Gasteiger partial charge in [0.1, 0.15) is 0 Å². The van der Waals surface area contributed by atoms with Crippen LogP contribution in [0.25, 0.3) is 11.1 Å². The zero-order chi connectivity index (χ0) is 13.8. The number of aliphatic imine (C=N–C) groups is 1. The van der Waals surface area contributed by atoms with E-state index in [4.69, 9.17) is 22.7 Å². The first-order valence-electron chi connectivity index (χ1n) is 5.83. The summed E-state index contributed by atoms with van der Waals surface area (Å²) in [5, 5.41) is 7.91. The molecule has 2 rings (SSSR count). The molecule has 0 atom stereocenters. The minimum atomic E-state index is -0.132. The molecule has 3 N–H and O–H groups in total. The molecule has 0 bridgehead atoms. The summed E-state index contributed by atoms with van der Waals surface area (Å²) in [5.41, 5.74) is 9.04. The Hall–Kier alpha value is -2.13. The van der Waals surface area contributed by atoms with Crippen molar-refractivity contribution >= 4 is 22.7 Å². The van der Waals surface area contributed by atoms with Crippen LogP contribution in [0, 0.1) is 12.3 Å². The highest BCUT2D eigenvalue weighted by molar-refractivity contribution is 6.65. The first-order valence-corrected chi connectivity index (χ1v) is 6.21. The van der Waals surface area contributed by atoms with Crippen molar-refractivity contribution in [1.82, 2.24) is 0 Å². The third-order valence-corrected chi connectivity index (χ3v) is 2.90. The minimum Gasteiger partial charge on any atom is -0.374 e. The standard InChI is InChI=1S/C15H14ClN3/c1-10-6-5-9-12(11-7-3-2-4-8-11)13(10)14(17)19-15(16)18/h2-9H,1H3,(H3,17,18,19). The van der Waals surface area contributed by atoms with Crippen molar-refractivity contribution in [2.45, 2.75) is 6.92 Å². The number of halogens is 1. The maximum absolute atomic E-state index is 8.04. The van der Waals surface area contributed by atoms with Gasteiger partial charge in [-0.1, -0.05) is 48.5 Å². The average Bonchev–Trinajstić information content (AvgIpc) is 2.38. The lowest BCUT2D eigenvalue weighted by atomic mass is 9.95. The molecule has 96 valence electrons. The molecule has 19 heavy (non-hydrogen) atoms. The molecule has 0 aliphatic heterocycles. The molecular weight excluding hydrogens is 258 g/mol. The number of hydrogen-bond donors (Lipinski definition) is 2. The normalized spacial score (nSPS) is 11.4. The lowest BCUT2D eigenvalue weighted by Crippen LogP contribution is -2.09. The fraction of sp³-hybridized carbons (Fsp3) is 0.0667. The largest absolute Gasteiger partial charge is 0.374 e. The number of nitrogens with two attached hydrogens (primary N) is 1. The molecule has 0 aliphatic carbocycles. The first kappa shape index (κ1) is 13.3. The number of amidine groups is 2. The number of rotatable bonds is 2. The van der Waals surface area contributed by atoms with Gasteiger partial charge in [0, 0.05) is 5.56 Å². The Morgan fingerprint density at radius 3 is 2.42 bits per heavy atom. The smallest absolute Gasteiger partial charge is 0.195 e. The van der Waals surface area contributed by atoms with Crippen LogP contribution in [0.15, 0.2) is 53.5 Å².